The Labute approximate surface area is 205 Å². The van der Waals surface area contributed by atoms with Crippen molar-refractivity contribution in [3.63, 3.8) is 0 Å². The standard InChI is InChI=1S/C27H29N7O/c1-3-14-33-18-21(17-29-33)22-9-5-10-25(30-22)32-27(35)34-15-6-13-28-24-12-11-23(31-26(24)34)20-8-4-7-19(2)16-20/h4-5,7-12,16-18,28H,3,6,13-15H2,1-2H3,(H,30,32,35). The van der Waals surface area contributed by atoms with Gasteiger partial charge in [0.15, 0.2) is 5.82 Å². The van der Waals surface area contributed by atoms with Gasteiger partial charge < -0.3 is 5.32 Å². The number of aromatic nitrogens is 4. The van der Waals surface area contributed by atoms with E-state index in [1.165, 1.54) is 0 Å². The van der Waals surface area contributed by atoms with Crippen LogP contribution in [-0.4, -0.2) is 38.9 Å². The average Bonchev–Trinajstić information content (AvgIpc) is 3.23. The molecule has 1 aromatic carbocycles. The highest BCUT2D eigenvalue weighted by molar-refractivity contribution is 6.03. The van der Waals surface area contributed by atoms with E-state index in [4.69, 9.17) is 4.98 Å². The number of hydrogen-bond acceptors (Lipinski definition) is 5. The average molecular weight is 468 g/mol. The van der Waals surface area contributed by atoms with Gasteiger partial charge in [0.05, 0.1) is 23.3 Å². The summed E-state index contributed by atoms with van der Waals surface area (Å²) in [5, 5.41) is 10.8. The van der Waals surface area contributed by atoms with Crippen LogP contribution in [0.2, 0.25) is 0 Å². The van der Waals surface area contributed by atoms with E-state index < -0.39 is 0 Å². The molecule has 1 aliphatic heterocycles. The minimum Gasteiger partial charge on any atom is -0.382 e. The van der Waals surface area contributed by atoms with E-state index in [9.17, 15) is 4.79 Å². The number of nitrogens with zero attached hydrogens (tertiary/aromatic N) is 5. The molecule has 0 fully saturated rings. The number of pyridine rings is 2. The molecule has 0 atom stereocenters. The van der Waals surface area contributed by atoms with Gasteiger partial charge in [-0.3, -0.25) is 14.9 Å². The zero-order chi connectivity index (χ0) is 24.2. The molecule has 0 bridgehead atoms. The lowest BCUT2D eigenvalue weighted by atomic mass is 10.1. The normalized spacial score (nSPS) is 13.0. The van der Waals surface area contributed by atoms with Crippen molar-refractivity contribution >= 4 is 23.4 Å². The fraction of sp³-hybridized carbons (Fsp3) is 0.259. The first-order valence-electron chi connectivity index (χ1n) is 12.0. The molecule has 2 N–H and O–H groups in total. The molecule has 8 nitrogen and oxygen atoms in total. The fourth-order valence-electron chi connectivity index (χ4n) is 4.21. The van der Waals surface area contributed by atoms with Crippen LogP contribution >= 0.6 is 0 Å². The van der Waals surface area contributed by atoms with Crippen LogP contribution in [0.4, 0.5) is 22.1 Å². The Morgan fingerprint density at radius 3 is 2.77 bits per heavy atom. The molecule has 0 aliphatic carbocycles. The maximum Gasteiger partial charge on any atom is 0.328 e. The van der Waals surface area contributed by atoms with E-state index >= 15 is 0 Å². The summed E-state index contributed by atoms with van der Waals surface area (Å²) < 4.78 is 1.90. The molecule has 178 valence electrons. The molecule has 2 amide bonds. The van der Waals surface area contributed by atoms with Gasteiger partial charge >= 0.3 is 6.03 Å². The number of fused-ring (bicyclic) bond motifs is 1. The van der Waals surface area contributed by atoms with Gasteiger partial charge in [0, 0.05) is 37.0 Å². The number of hydrogen-bond donors (Lipinski definition) is 2. The molecule has 0 saturated carbocycles. The van der Waals surface area contributed by atoms with Crippen LogP contribution in [0.5, 0.6) is 0 Å². The van der Waals surface area contributed by atoms with Crippen molar-refractivity contribution < 1.29 is 4.79 Å². The second-order valence-corrected chi connectivity index (χ2v) is 8.70. The SMILES string of the molecule is CCCn1cc(-c2cccc(NC(=O)N3CCCNc4ccc(-c5cccc(C)c5)nc43)n2)cn1. The maximum atomic E-state index is 13.4. The van der Waals surface area contributed by atoms with E-state index in [-0.39, 0.29) is 6.03 Å². The van der Waals surface area contributed by atoms with Gasteiger partial charge in [0.25, 0.3) is 0 Å². The number of amides is 2. The highest BCUT2D eigenvalue weighted by Gasteiger charge is 2.24. The lowest BCUT2D eigenvalue weighted by Crippen LogP contribution is -2.36. The number of urea groups is 1. The van der Waals surface area contributed by atoms with E-state index in [0.717, 1.165) is 59.7 Å². The molecule has 5 rings (SSSR count). The Hall–Kier alpha value is -4.20. The first kappa shape index (κ1) is 22.6. The van der Waals surface area contributed by atoms with Gasteiger partial charge in [-0.2, -0.15) is 5.10 Å². The molecule has 35 heavy (non-hydrogen) atoms. The summed E-state index contributed by atoms with van der Waals surface area (Å²) in [7, 11) is 0. The van der Waals surface area contributed by atoms with Crippen molar-refractivity contribution in [2.45, 2.75) is 33.2 Å². The predicted molar refractivity (Wildman–Crippen MR) is 140 cm³/mol. The van der Waals surface area contributed by atoms with E-state index in [0.29, 0.717) is 18.2 Å². The first-order chi connectivity index (χ1) is 17.1. The third kappa shape index (κ3) is 5.01. The molecule has 3 aromatic heterocycles. The minimum atomic E-state index is -0.254. The quantitative estimate of drug-likeness (QED) is 0.400. The van der Waals surface area contributed by atoms with Crippen molar-refractivity contribution in [1.29, 1.82) is 0 Å². The van der Waals surface area contributed by atoms with Crippen LogP contribution in [0.15, 0.2) is 67.0 Å². The summed E-state index contributed by atoms with van der Waals surface area (Å²) >= 11 is 0. The van der Waals surface area contributed by atoms with Gasteiger partial charge in [-0.25, -0.2) is 14.8 Å². The maximum absolute atomic E-state index is 13.4. The highest BCUT2D eigenvalue weighted by atomic mass is 16.2. The second kappa shape index (κ2) is 9.97. The summed E-state index contributed by atoms with van der Waals surface area (Å²) in [5.41, 5.74) is 5.55. The third-order valence-corrected chi connectivity index (χ3v) is 5.93. The van der Waals surface area contributed by atoms with Crippen molar-refractivity contribution in [3.8, 4) is 22.5 Å². The third-order valence-electron chi connectivity index (χ3n) is 5.93. The number of anilines is 3. The van der Waals surface area contributed by atoms with Crippen LogP contribution < -0.4 is 15.5 Å². The van der Waals surface area contributed by atoms with Crippen molar-refractivity contribution in [2.75, 3.05) is 28.6 Å². The molecule has 8 heteroatoms. The van der Waals surface area contributed by atoms with Crippen LogP contribution in [0.25, 0.3) is 22.5 Å². The minimum absolute atomic E-state index is 0.254. The lowest BCUT2D eigenvalue weighted by molar-refractivity contribution is 0.256. The molecule has 4 heterocycles. The largest absolute Gasteiger partial charge is 0.382 e. The van der Waals surface area contributed by atoms with Crippen molar-refractivity contribution in [3.05, 3.63) is 72.6 Å². The van der Waals surface area contributed by atoms with Crippen molar-refractivity contribution in [2.24, 2.45) is 0 Å². The molecular formula is C27H29N7O. The number of nitrogens with one attached hydrogen (secondary N) is 2. The van der Waals surface area contributed by atoms with Gasteiger partial charge in [0.1, 0.15) is 5.82 Å². The molecular weight excluding hydrogens is 438 g/mol. The second-order valence-electron chi connectivity index (χ2n) is 8.70. The molecule has 0 saturated heterocycles. The number of carbonyl (C=O) groups is 1. The molecule has 1 aliphatic rings. The van der Waals surface area contributed by atoms with Gasteiger partial charge in [-0.05, 0) is 50.1 Å². The monoisotopic (exact) mass is 467 g/mol. The van der Waals surface area contributed by atoms with Gasteiger partial charge in [-0.1, -0.05) is 36.8 Å². The Morgan fingerprint density at radius 2 is 1.91 bits per heavy atom. The Morgan fingerprint density at radius 1 is 1.06 bits per heavy atom. The summed E-state index contributed by atoms with van der Waals surface area (Å²) in [6, 6.07) is 17.6. The first-order valence-corrected chi connectivity index (χ1v) is 12.0. The summed E-state index contributed by atoms with van der Waals surface area (Å²) in [5.74, 6) is 1.11. The van der Waals surface area contributed by atoms with Crippen LogP contribution in [0.3, 0.4) is 0 Å². The molecule has 0 unspecified atom stereocenters. The van der Waals surface area contributed by atoms with Gasteiger partial charge in [-0.15, -0.1) is 0 Å². The number of rotatable bonds is 5. The summed E-state index contributed by atoms with van der Waals surface area (Å²) in [6.45, 7) is 6.36. The van der Waals surface area contributed by atoms with E-state index in [2.05, 4.69) is 46.7 Å². The smallest absolute Gasteiger partial charge is 0.328 e. The number of carbonyl (C=O) groups excluding carboxylic acids is 1. The van der Waals surface area contributed by atoms with Gasteiger partial charge in [0.2, 0.25) is 0 Å². The van der Waals surface area contributed by atoms with Crippen LogP contribution in [0.1, 0.15) is 25.3 Å². The molecule has 0 radical (unpaired) electrons. The molecule has 0 spiro atoms. The summed E-state index contributed by atoms with van der Waals surface area (Å²) in [6.07, 6.45) is 5.60. The predicted octanol–water partition coefficient (Wildman–Crippen LogP) is 5.58. The lowest BCUT2D eigenvalue weighted by Gasteiger charge is -2.22. The van der Waals surface area contributed by atoms with Crippen LogP contribution in [-0.2, 0) is 6.54 Å². The zero-order valence-electron chi connectivity index (χ0n) is 20.0. The number of aryl methyl sites for hydroxylation is 2. The Bertz CT molecular complexity index is 1350. The van der Waals surface area contributed by atoms with E-state index in [1.54, 1.807) is 17.2 Å². The molecule has 4 aromatic rings. The van der Waals surface area contributed by atoms with E-state index in [1.807, 2.05) is 47.3 Å². The van der Waals surface area contributed by atoms with Crippen molar-refractivity contribution in [1.82, 2.24) is 19.7 Å². The summed E-state index contributed by atoms with van der Waals surface area (Å²) in [4.78, 5) is 24.7. The topological polar surface area (TPSA) is 88.0 Å². The van der Waals surface area contributed by atoms with Crippen LogP contribution in [0, 0.1) is 6.92 Å². The Balaban J connectivity index is 1.41. The highest BCUT2D eigenvalue weighted by Crippen LogP contribution is 2.31. The number of benzene rings is 1. The Kier molecular flexibility index (Phi) is 6.43. The zero-order valence-corrected chi connectivity index (χ0v) is 20.0. The fourth-order valence-corrected chi connectivity index (χ4v) is 4.21.